The molecule has 65 valence electrons. The zero-order valence-electron chi connectivity index (χ0n) is 7.26. The van der Waals surface area contributed by atoms with Crippen molar-refractivity contribution in [3.05, 3.63) is 21.3 Å². The molecule has 0 amide bonds. The van der Waals surface area contributed by atoms with Gasteiger partial charge < -0.3 is 5.11 Å². The predicted octanol–water partition coefficient (Wildman–Crippen LogP) is 2.56. The Hall–Kier alpha value is -0.0400. The molecular formula is C10H19O. The molecule has 0 saturated heterocycles. The van der Waals surface area contributed by atoms with E-state index in [1.807, 2.05) is 6.42 Å². The monoisotopic (exact) mass is 155 g/mol. The highest BCUT2D eigenvalue weighted by Gasteiger charge is 2.06. The highest BCUT2D eigenvalue weighted by Crippen LogP contribution is 2.15. The fourth-order valence-corrected chi connectivity index (χ4v) is 1.28. The molecule has 1 N–H and O–H groups in total. The quantitative estimate of drug-likeness (QED) is 0.570. The first-order chi connectivity index (χ1) is 4.39. The van der Waals surface area contributed by atoms with Crippen LogP contribution in [0, 0.1) is 21.3 Å². The maximum absolute atomic E-state index is 9.16. The highest BCUT2D eigenvalue weighted by molar-refractivity contribution is 4.76. The van der Waals surface area contributed by atoms with Crippen molar-refractivity contribution < 1.29 is 5.11 Å². The first kappa shape index (κ1) is 13.5. The van der Waals surface area contributed by atoms with Crippen LogP contribution in [0.5, 0.6) is 0 Å². The smallest absolute Gasteiger partial charge is 0.0572 e. The highest BCUT2D eigenvalue weighted by atomic mass is 16.3. The standard InChI is InChI=1S/C8H15O.2CH2/c9-8-6-4-2-1-3-5-7-8;;/h6,8-9H,1-5,7H2;2*1H2. The van der Waals surface area contributed by atoms with E-state index in [2.05, 4.69) is 0 Å². The summed E-state index contributed by atoms with van der Waals surface area (Å²) < 4.78 is 0. The van der Waals surface area contributed by atoms with Crippen molar-refractivity contribution in [3.8, 4) is 0 Å². The van der Waals surface area contributed by atoms with E-state index in [0.29, 0.717) is 0 Å². The molecule has 1 nitrogen and oxygen atoms in total. The SMILES string of the molecule is OC1[CH]CCCCCC1.[CH2].[CH2]. The molecule has 1 heteroatoms. The van der Waals surface area contributed by atoms with Crippen LogP contribution in [0.25, 0.3) is 0 Å². The molecule has 5 radical (unpaired) electrons. The summed E-state index contributed by atoms with van der Waals surface area (Å²) in [6.07, 6.45) is 9.17. The third kappa shape index (κ3) is 6.36. The second kappa shape index (κ2) is 8.06. The Balaban J connectivity index is 0. The van der Waals surface area contributed by atoms with Crippen LogP contribution in [0.1, 0.15) is 38.5 Å². The second-order valence-electron chi connectivity index (χ2n) is 2.79. The molecule has 0 spiro atoms. The average Bonchev–Trinajstić information content (AvgIpc) is 1.79. The number of rotatable bonds is 0. The van der Waals surface area contributed by atoms with Crippen LogP contribution in [-0.4, -0.2) is 11.2 Å². The molecule has 0 heterocycles. The summed E-state index contributed by atoms with van der Waals surface area (Å²) in [5.74, 6) is 0. The summed E-state index contributed by atoms with van der Waals surface area (Å²) >= 11 is 0. The van der Waals surface area contributed by atoms with E-state index in [-0.39, 0.29) is 21.0 Å². The van der Waals surface area contributed by atoms with Crippen LogP contribution in [0.2, 0.25) is 0 Å². The first-order valence-corrected chi connectivity index (χ1v) is 3.91. The van der Waals surface area contributed by atoms with Crippen LogP contribution in [-0.2, 0) is 0 Å². The van der Waals surface area contributed by atoms with Gasteiger partial charge in [-0.25, -0.2) is 0 Å². The van der Waals surface area contributed by atoms with Gasteiger partial charge in [-0.2, -0.15) is 0 Å². The molecule has 1 fully saturated rings. The van der Waals surface area contributed by atoms with Crippen molar-refractivity contribution in [3.63, 3.8) is 0 Å². The summed E-state index contributed by atoms with van der Waals surface area (Å²) in [5.41, 5.74) is 0. The molecule has 11 heavy (non-hydrogen) atoms. The van der Waals surface area contributed by atoms with Gasteiger partial charge in [-0.1, -0.05) is 40.5 Å². The van der Waals surface area contributed by atoms with Gasteiger partial charge in [0.2, 0.25) is 0 Å². The Morgan fingerprint density at radius 2 is 1.64 bits per heavy atom. The lowest BCUT2D eigenvalue weighted by Crippen LogP contribution is -2.08. The lowest BCUT2D eigenvalue weighted by molar-refractivity contribution is 0.183. The second-order valence-corrected chi connectivity index (χ2v) is 2.79. The van der Waals surface area contributed by atoms with Gasteiger partial charge in [0.05, 0.1) is 6.10 Å². The molecule has 0 aromatic heterocycles. The summed E-state index contributed by atoms with van der Waals surface area (Å²) in [4.78, 5) is 0. The predicted molar refractivity (Wildman–Crippen MR) is 48.7 cm³/mol. The largest absolute Gasteiger partial charge is 0.393 e. The van der Waals surface area contributed by atoms with Gasteiger partial charge in [-0.05, 0) is 19.3 Å². The Kier molecular flexibility index (Phi) is 9.92. The van der Waals surface area contributed by atoms with Gasteiger partial charge in [0.15, 0.2) is 0 Å². The summed E-state index contributed by atoms with van der Waals surface area (Å²) in [5, 5.41) is 9.16. The van der Waals surface area contributed by atoms with Gasteiger partial charge in [-0.15, -0.1) is 0 Å². The number of hydrogen-bond acceptors (Lipinski definition) is 1. The van der Waals surface area contributed by atoms with E-state index in [1.165, 1.54) is 25.7 Å². The van der Waals surface area contributed by atoms with Gasteiger partial charge in [0.1, 0.15) is 0 Å². The fraction of sp³-hybridized carbons (Fsp3) is 0.700. The minimum Gasteiger partial charge on any atom is -0.393 e. The third-order valence-corrected chi connectivity index (χ3v) is 1.89. The fourth-order valence-electron chi connectivity index (χ4n) is 1.28. The van der Waals surface area contributed by atoms with Gasteiger partial charge in [0.25, 0.3) is 0 Å². The molecule has 1 rings (SSSR count). The number of aliphatic hydroxyl groups excluding tert-OH is 1. The van der Waals surface area contributed by atoms with Gasteiger partial charge in [0, 0.05) is 0 Å². The van der Waals surface area contributed by atoms with Crippen LogP contribution < -0.4 is 0 Å². The average molecular weight is 155 g/mol. The minimum absolute atomic E-state index is 0. The van der Waals surface area contributed by atoms with Gasteiger partial charge >= 0.3 is 0 Å². The molecule has 1 aliphatic carbocycles. The summed E-state index contributed by atoms with van der Waals surface area (Å²) in [6, 6.07) is 0. The van der Waals surface area contributed by atoms with Crippen LogP contribution in [0.3, 0.4) is 0 Å². The zero-order chi connectivity index (χ0) is 6.53. The van der Waals surface area contributed by atoms with Crippen molar-refractivity contribution in [1.29, 1.82) is 0 Å². The zero-order valence-corrected chi connectivity index (χ0v) is 7.26. The van der Waals surface area contributed by atoms with E-state index >= 15 is 0 Å². The number of aliphatic hydroxyl groups is 1. The Morgan fingerprint density at radius 1 is 1.00 bits per heavy atom. The van der Waals surface area contributed by atoms with Gasteiger partial charge in [-0.3, -0.25) is 0 Å². The molecule has 0 aliphatic heterocycles. The lowest BCUT2D eigenvalue weighted by atomic mass is 9.99. The lowest BCUT2D eigenvalue weighted by Gasteiger charge is -2.12. The molecule has 0 aromatic carbocycles. The third-order valence-electron chi connectivity index (χ3n) is 1.89. The van der Waals surface area contributed by atoms with E-state index in [1.54, 1.807) is 0 Å². The summed E-state index contributed by atoms with van der Waals surface area (Å²) in [6.45, 7) is 0. The molecule has 0 bridgehead atoms. The van der Waals surface area contributed by atoms with Crippen LogP contribution in [0.15, 0.2) is 0 Å². The topological polar surface area (TPSA) is 20.2 Å². The Labute approximate surface area is 71.8 Å². The first-order valence-electron chi connectivity index (χ1n) is 3.91. The van der Waals surface area contributed by atoms with Crippen molar-refractivity contribution >= 4 is 0 Å². The van der Waals surface area contributed by atoms with Crippen LogP contribution in [0.4, 0.5) is 0 Å². The van der Waals surface area contributed by atoms with E-state index in [4.69, 9.17) is 5.11 Å². The molecular weight excluding hydrogens is 136 g/mol. The normalized spacial score (nSPS) is 20.5. The molecule has 1 aliphatic rings. The van der Waals surface area contributed by atoms with E-state index < -0.39 is 0 Å². The maximum Gasteiger partial charge on any atom is 0.0572 e. The molecule has 0 aromatic rings. The van der Waals surface area contributed by atoms with Crippen molar-refractivity contribution in [2.24, 2.45) is 0 Å². The van der Waals surface area contributed by atoms with Crippen molar-refractivity contribution in [2.75, 3.05) is 0 Å². The van der Waals surface area contributed by atoms with Crippen LogP contribution >= 0.6 is 0 Å². The van der Waals surface area contributed by atoms with Crippen molar-refractivity contribution in [1.82, 2.24) is 0 Å². The van der Waals surface area contributed by atoms with E-state index in [9.17, 15) is 0 Å². The summed E-state index contributed by atoms with van der Waals surface area (Å²) in [7, 11) is 0. The maximum atomic E-state index is 9.16. The Morgan fingerprint density at radius 3 is 2.36 bits per heavy atom. The molecule has 1 atom stereocenters. The Bertz CT molecular complexity index is 63.3. The molecule has 1 unspecified atom stereocenters. The minimum atomic E-state index is -0.106. The van der Waals surface area contributed by atoms with E-state index in [0.717, 1.165) is 12.8 Å². The number of hydrogen-bond donors (Lipinski definition) is 1. The van der Waals surface area contributed by atoms with Crippen molar-refractivity contribution in [2.45, 2.75) is 44.6 Å². The molecule has 1 saturated carbocycles.